The van der Waals surface area contributed by atoms with Crippen molar-refractivity contribution in [2.75, 3.05) is 7.05 Å². The Morgan fingerprint density at radius 2 is 2.16 bits per heavy atom. The van der Waals surface area contributed by atoms with E-state index in [1.54, 1.807) is 12.1 Å². The molecule has 1 atom stereocenters. The second-order valence-electron chi connectivity index (χ2n) is 4.61. The second kappa shape index (κ2) is 5.84. The Morgan fingerprint density at radius 1 is 1.42 bits per heavy atom. The van der Waals surface area contributed by atoms with E-state index in [0.717, 1.165) is 27.8 Å². The Kier molecular flexibility index (Phi) is 4.37. The van der Waals surface area contributed by atoms with Crippen molar-refractivity contribution in [3.05, 3.63) is 51.5 Å². The number of rotatable bonds is 4. The fourth-order valence-corrected chi connectivity index (χ4v) is 2.74. The molecule has 0 bridgehead atoms. The van der Waals surface area contributed by atoms with Crippen LogP contribution in [0.4, 0.5) is 4.39 Å². The van der Waals surface area contributed by atoms with Crippen LogP contribution in [0.25, 0.3) is 0 Å². The number of aryl methyl sites for hydroxylation is 2. The number of nitrogens with one attached hydrogen (secondary N) is 1. The molecule has 1 heterocycles. The Hall–Kier alpha value is -1.20. The Morgan fingerprint density at radius 3 is 2.74 bits per heavy atom. The summed E-state index contributed by atoms with van der Waals surface area (Å²) in [7, 11) is 3.81. The molecule has 1 aromatic heterocycles. The van der Waals surface area contributed by atoms with Crippen molar-refractivity contribution in [2.45, 2.75) is 19.4 Å². The Bertz CT molecular complexity index is 580. The summed E-state index contributed by atoms with van der Waals surface area (Å²) in [4.78, 5) is 0. The molecule has 2 rings (SSSR count). The minimum absolute atomic E-state index is 0.0416. The highest BCUT2D eigenvalue weighted by Gasteiger charge is 2.16. The molecule has 5 heteroatoms. The number of benzene rings is 1. The molecule has 0 fully saturated rings. The maximum Gasteiger partial charge on any atom is 0.123 e. The van der Waals surface area contributed by atoms with Crippen LogP contribution in [0.15, 0.2) is 28.7 Å². The first-order valence-electron chi connectivity index (χ1n) is 6.13. The van der Waals surface area contributed by atoms with Crippen molar-refractivity contribution in [3.63, 3.8) is 0 Å². The van der Waals surface area contributed by atoms with Crippen LogP contribution in [0.2, 0.25) is 0 Å². The molecule has 0 amide bonds. The zero-order chi connectivity index (χ0) is 14.0. The highest BCUT2D eigenvalue weighted by Crippen LogP contribution is 2.26. The number of nitrogens with zero attached hydrogens (tertiary/aromatic N) is 2. The first-order chi connectivity index (χ1) is 9.01. The molecule has 102 valence electrons. The van der Waals surface area contributed by atoms with Gasteiger partial charge in [0.05, 0.1) is 5.69 Å². The summed E-state index contributed by atoms with van der Waals surface area (Å²) in [5, 5.41) is 7.57. The predicted molar refractivity (Wildman–Crippen MR) is 77.5 cm³/mol. The summed E-state index contributed by atoms with van der Waals surface area (Å²) < 4.78 is 16.2. The Labute approximate surface area is 121 Å². The van der Waals surface area contributed by atoms with Crippen LogP contribution in [0, 0.1) is 12.7 Å². The highest BCUT2D eigenvalue weighted by molar-refractivity contribution is 9.10. The van der Waals surface area contributed by atoms with E-state index in [-0.39, 0.29) is 11.9 Å². The van der Waals surface area contributed by atoms with Crippen molar-refractivity contribution in [1.29, 1.82) is 0 Å². The van der Waals surface area contributed by atoms with Crippen LogP contribution in [-0.4, -0.2) is 16.8 Å². The van der Waals surface area contributed by atoms with E-state index in [4.69, 9.17) is 0 Å². The van der Waals surface area contributed by atoms with Gasteiger partial charge in [0.2, 0.25) is 0 Å². The lowest BCUT2D eigenvalue weighted by Crippen LogP contribution is -2.20. The topological polar surface area (TPSA) is 29.9 Å². The van der Waals surface area contributed by atoms with E-state index < -0.39 is 0 Å². The summed E-state index contributed by atoms with van der Waals surface area (Å²) >= 11 is 3.48. The molecule has 0 aliphatic rings. The van der Waals surface area contributed by atoms with Gasteiger partial charge in [0, 0.05) is 29.7 Å². The maximum atomic E-state index is 13.4. The standard InChI is InChI=1S/C14H17BrFN3/c1-9-6-11(19(3)18-9)8-14(17-2)12-7-10(16)4-5-13(12)15/h4-7,14,17H,8H2,1-3H3. The average molecular weight is 326 g/mol. The molecule has 0 aliphatic heterocycles. The third-order valence-electron chi connectivity index (χ3n) is 3.19. The van der Waals surface area contributed by atoms with Gasteiger partial charge in [0.15, 0.2) is 0 Å². The third kappa shape index (κ3) is 3.22. The van der Waals surface area contributed by atoms with Gasteiger partial charge in [0.25, 0.3) is 0 Å². The lowest BCUT2D eigenvalue weighted by Gasteiger charge is -2.18. The molecule has 2 aromatic rings. The summed E-state index contributed by atoms with van der Waals surface area (Å²) in [5.41, 5.74) is 3.03. The third-order valence-corrected chi connectivity index (χ3v) is 3.92. The van der Waals surface area contributed by atoms with Crippen LogP contribution in [0.5, 0.6) is 0 Å². The number of hydrogen-bond donors (Lipinski definition) is 1. The first kappa shape index (κ1) is 14.2. The van der Waals surface area contributed by atoms with Crippen molar-refractivity contribution in [2.24, 2.45) is 7.05 Å². The molecule has 0 saturated carbocycles. The largest absolute Gasteiger partial charge is 0.313 e. The molecule has 1 aromatic carbocycles. The minimum atomic E-state index is -0.223. The summed E-state index contributed by atoms with van der Waals surface area (Å²) in [6.45, 7) is 1.97. The molecule has 0 spiro atoms. The molecule has 1 N–H and O–H groups in total. The fraction of sp³-hybridized carbons (Fsp3) is 0.357. The zero-order valence-electron chi connectivity index (χ0n) is 11.2. The van der Waals surface area contributed by atoms with Gasteiger partial charge in [-0.05, 0) is 43.8 Å². The molecular weight excluding hydrogens is 309 g/mol. The van der Waals surface area contributed by atoms with Crippen LogP contribution >= 0.6 is 15.9 Å². The van der Waals surface area contributed by atoms with E-state index >= 15 is 0 Å². The van der Waals surface area contributed by atoms with Crippen molar-refractivity contribution in [3.8, 4) is 0 Å². The molecule has 1 unspecified atom stereocenters. The van der Waals surface area contributed by atoms with E-state index in [0.29, 0.717) is 0 Å². The van der Waals surface area contributed by atoms with Gasteiger partial charge in [-0.15, -0.1) is 0 Å². The van der Waals surface area contributed by atoms with E-state index in [1.165, 1.54) is 6.07 Å². The van der Waals surface area contributed by atoms with Crippen LogP contribution in [-0.2, 0) is 13.5 Å². The summed E-state index contributed by atoms with van der Waals surface area (Å²) in [6.07, 6.45) is 0.760. The smallest absolute Gasteiger partial charge is 0.123 e. The minimum Gasteiger partial charge on any atom is -0.313 e. The summed E-state index contributed by atoms with van der Waals surface area (Å²) in [6, 6.07) is 6.85. The van der Waals surface area contributed by atoms with E-state index in [1.807, 2.05) is 25.7 Å². The Balaban J connectivity index is 2.30. The quantitative estimate of drug-likeness (QED) is 0.935. The van der Waals surface area contributed by atoms with Gasteiger partial charge in [-0.2, -0.15) is 5.10 Å². The number of halogens is 2. The zero-order valence-corrected chi connectivity index (χ0v) is 12.8. The van der Waals surface area contributed by atoms with Gasteiger partial charge in [-0.1, -0.05) is 15.9 Å². The molecule has 3 nitrogen and oxygen atoms in total. The van der Waals surface area contributed by atoms with Crippen molar-refractivity contribution in [1.82, 2.24) is 15.1 Å². The van der Waals surface area contributed by atoms with Crippen LogP contribution < -0.4 is 5.32 Å². The molecule has 0 saturated heterocycles. The fourth-order valence-electron chi connectivity index (χ4n) is 2.21. The van der Waals surface area contributed by atoms with Gasteiger partial charge in [-0.3, -0.25) is 4.68 Å². The van der Waals surface area contributed by atoms with Crippen molar-refractivity contribution < 1.29 is 4.39 Å². The second-order valence-corrected chi connectivity index (χ2v) is 5.47. The average Bonchev–Trinajstić information content (AvgIpc) is 2.68. The molecule has 0 radical (unpaired) electrons. The first-order valence-corrected chi connectivity index (χ1v) is 6.92. The van der Waals surface area contributed by atoms with Gasteiger partial charge < -0.3 is 5.32 Å². The van der Waals surface area contributed by atoms with Gasteiger partial charge in [-0.25, -0.2) is 4.39 Å². The lowest BCUT2D eigenvalue weighted by atomic mass is 10.0. The molecule has 19 heavy (non-hydrogen) atoms. The molecular formula is C14H17BrFN3. The van der Waals surface area contributed by atoms with Gasteiger partial charge >= 0.3 is 0 Å². The monoisotopic (exact) mass is 325 g/mol. The van der Waals surface area contributed by atoms with E-state index in [9.17, 15) is 4.39 Å². The normalized spacial score (nSPS) is 12.7. The van der Waals surface area contributed by atoms with E-state index in [2.05, 4.69) is 32.4 Å². The van der Waals surface area contributed by atoms with Gasteiger partial charge in [0.1, 0.15) is 5.82 Å². The SMILES string of the molecule is CNC(Cc1cc(C)nn1C)c1cc(F)ccc1Br. The number of likely N-dealkylation sites (N-methyl/N-ethyl adjacent to an activating group) is 1. The maximum absolute atomic E-state index is 13.4. The number of aromatic nitrogens is 2. The lowest BCUT2D eigenvalue weighted by molar-refractivity contribution is 0.551. The number of hydrogen-bond acceptors (Lipinski definition) is 2. The highest BCUT2D eigenvalue weighted by atomic mass is 79.9. The van der Waals surface area contributed by atoms with Crippen LogP contribution in [0.1, 0.15) is 23.0 Å². The summed E-state index contributed by atoms with van der Waals surface area (Å²) in [5.74, 6) is -0.223. The van der Waals surface area contributed by atoms with Crippen molar-refractivity contribution >= 4 is 15.9 Å². The molecule has 0 aliphatic carbocycles. The van der Waals surface area contributed by atoms with Crippen LogP contribution in [0.3, 0.4) is 0 Å². The predicted octanol–water partition coefficient (Wildman–Crippen LogP) is 3.13.